The Labute approximate surface area is 216 Å². The average Bonchev–Trinajstić information content (AvgIpc) is 2.85. The third-order valence-electron chi connectivity index (χ3n) is 8.38. The maximum atomic E-state index is 6.63. The first kappa shape index (κ1) is 26.1. The molecule has 190 valence electrons. The van der Waals surface area contributed by atoms with Crippen molar-refractivity contribution >= 4 is 17.3 Å². The van der Waals surface area contributed by atoms with Gasteiger partial charge in [-0.2, -0.15) is 0 Å². The Kier molecular flexibility index (Phi) is 8.46. The van der Waals surface area contributed by atoms with Crippen molar-refractivity contribution in [1.82, 2.24) is 0 Å². The SMILES string of the molecule is C=C[C@H](OC)[C@@H]1CC[C@H]1CNc1cc(C)ccc1OC[C@@]1(C(C)OC)CCCc2cc(Cl)ccc21. The molecule has 5 atom stereocenters. The topological polar surface area (TPSA) is 39.7 Å². The fraction of sp³-hybridized carbons (Fsp3) is 0.533. The van der Waals surface area contributed by atoms with E-state index in [1.54, 1.807) is 14.2 Å². The fourth-order valence-electron chi connectivity index (χ4n) is 5.98. The van der Waals surface area contributed by atoms with Crippen LogP contribution < -0.4 is 10.1 Å². The second kappa shape index (κ2) is 11.4. The molecule has 2 aromatic carbocycles. The van der Waals surface area contributed by atoms with Crippen molar-refractivity contribution < 1.29 is 14.2 Å². The summed E-state index contributed by atoms with van der Waals surface area (Å²) in [6, 6.07) is 12.7. The number of hydrogen-bond donors (Lipinski definition) is 1. The third-order valence-corrected chi connectivity index (χ3v) is 8.62. The standard InChI is InChI=1S/C30H40ClNO3/c1-6-28(34-5)25-12-10-23(25)18-32-27-16-20(2)9-14-29(27)35-19-30(21(3)33-4)15-7-8-22-17-24(31)11-13-26(22)30/h6,9,11,13-14,16-17,21,23,25,28,32H,1,7-8,10,12,15,18-19H2,2-5H3/t21?,23-,25+,28-,30+/m0/s1. The van der Waals surface area contributed by atoms with Gasteiger partial charge in [0.25, 0.3) is 0 Å². The molecule has 0 radical (unpaired) electrons. The average molecular weight is 498 g/mol. The second-order valence-corrected chi connectivity index (χ2v) is 10.7. The van der Waals surface area contributed by atoms with Crippen LogP contribution in [-0.2, 0) is 21.3 Å². The van der Waals surface area contributed by atoms with Crippen LogP contribution in [0.25, 0.3) is 0 Å². The van der Waals surface area contributed by atoms with Gasteiger partial charge in [0.15, 0.2) is 0 Å². The minimum Gasteiger partial charge on any atom is -0.490 e. The van der Waals surface area contributed by atoms with E-state index in [1.165, 1.54) is 29.5 Å². The molecule has 2 aromatic rings. The van der Waals surface area contributed by atoms with Gasteiger partial charge in [-0.1, -0.05) is 29.8 Å². The van der Waals surface area contributed by atoms with Gasteiger partial charge < -0.3 is 19.5 Å². The summed E-state index contributed by atoms with van der Waals surface area (Å²) in [4.78, 5) is 0. The highest BCUT2D eigenvalue weighted by Crippen LogP contribution is 2.43. The Hall–Kier alpha value is -2.01. The summed E-state index contributed by atoms with van der Waals surface area (Å²) in [5.74, 6) is 1.99. The molecule has 4 nitrogen and oxygen atoms in total. The van der Waals surface area contributed by atoms with Crippen molar-refractivity contribution in [1.29, 1.82) is 0 Å². The number of ether oxygens (including phenoxy) is 3. The van der Waals surface area contributed by atoms with Crippen molar-refractivity contribution in [3.8, 4) is 5.75 Å². The number of halogens is 1. The smallest absolute Gasteiger partial charge is 0.142 e. The van der Waals surface area contributed by atoms with Crippen LogP contribution in [0.5, 0.6) is 5.75 Å². The van der Waals surface area contributed by atoms with Crippen LogP contribution >= 0.6 is 11.6 Å². The second-order valence-electron chi connectivity index (χ2n) is 10.3. The zero-order valence-electron chi connectivity index (χ0n) is 21.6. The number of methoxy groups -OCH3 is 2. The van der Waals surface area contributed by atoms with E-state index in [0.29, 0.717) is 18.4 Å². The molecule has 0 heterocycles. The molecule has 5 heteroatoms. The van der Waals surface area contributed by atoms with E-state index < -0.39 is 0 Å². The molecule has 0 amide bonds. The fourth-order valence-corrected chi connectivity index (χ4v) is 6.18. The Morgan fingerprint density at radius 3 is 2.69 bits per heavy atom. The first-order chi connectivity index (χ1) is 16.9. The number of anilines is 1. The maximum Gasteiger partial charge on any atom is 0.142 e. The van der Waals surface area contributed by atoms with Gasteiger partial charge in [0.1, 0.15) is 12.4 Å². The summed E-state index contributed by atoms with van der Waals surface area (Å²) in [5.41, 5.74) is 4.66. The Morgan fingerprint density at radius 2 is 2.00 bits per heavy atom. The lowest BCUT2D eigenvalue weighted by Gasteiger charge is -2.43. The third kappa shape index (κ3) is 5.40. The van der Waals surface area contributed by atoms with Crippen LogP contribution in [0.3, 0.4) is 0 Å². The van der Waals surface area contributed by atoms with E-state index in [4.69, 9.17) is 25.8 Å². The van der Waals surface area contributed by atoms with Crippen LogP contribution in [0.15, 0.2) is 49.1 Å². The summed E-state index contributed by atoms with van der Waals surface area (Å²) in [5, 5.41) is 4.48. The van der Waals surface area contributed by atoms with Gasteiger partial charge in [-0.25, -0.2) is 0 Å². The van der Waals surface area contributed by atoms with Crippen LogP contribution in [0.1, 0.15) is 49.3 Å². The van der Waals surface area contributed by atoms with Crippen molar-refractivity contribution in [2.75, 3.05) is 32.7 Å². The molecule has 0 bridgehead atoms. The van der Waals surface area contributed by atoms with Gasteiger partial charge in [0.2, 0.25) is 0 Å². The molecular weight excluding hydrogens is 458 g/mol. The zero-order valence-corrected chi connectivity index (χ0v) is 22.4. The van der Waals surface area contributed by atoms with E-state index in [0.717, 1.165) is 42.3 Å². The molecule has 1 fully saturated rings. The molecule has 2 aliphatic carbocycles. The molecule has 0 spiro atoms. The number of fused-ring (bicyclic) bond motifs is 1. The first-order valence-corrected chi connectivity index (χ1v) is 13.2. The van der Waals surface area contributed by atoms with E-state index in [-0.39, 0.29) is 17.6 Å². The molecule has 0 aliphatic heterocycles. The van der Waals surface area contributed by atoms with Gasteiger partial charge in [-0.05, 0) is 98.7 Å². The van der Waals surface area contributed by atoms with Gasteiger partial charge in [0.05, 0.1) is 23.3 Å². The summed E-state index contributed by atoms with van der Waals surface area (Å²) >= 11 is 6.33. The van der Waals surface area contributed by atoms with Gasteiger partial charge >= 0.3 is 0 Å². The van der Waals surface area contributed by atoms with E-state index in [2.05, 4.69) is 56.1 Å². The molecule has 1 unspecified atom stereocenters. The summed E-state index contributed by atoms with van der Waals surface area (Å²) in [7, 11) is 3.57. The summed E-state index contributed by atoms with van der Waals surface area (Å²) in [6.07, 6.45) is 7.64. The lowest BCUT2D eigenvalue weighted by Crippen LogP contribution is -2.46. The minimum atomic E-state index is -0.218. The van der Waals surface area contributed by atoms with E-state index >= 15 is 0 Å². The molecular formula is C30H40ClNO3. The number of rotatable bonds is 11. The quantitative estimate of drug-likeness (QED) is 0.340. The molecule has 1 N–H and O–H groups in total. The van der Waals surface area contributed by atoms with Crippen LogP contribution in [0, 0.1) is 18.8 Å². The zero-order chi connectivity index (χ0) is 25.0. The molecule has 35 heavy (non-hydrogen) atoms. The van der Waals surface area contributed by atoms with E-state index in [9.17, 15) is 0 Å². The predicted octanol–water partition coefficient (Wildman–Crippen LogP) is 6.98. The van der Waals surface area contributed by atoms with Gasteiger partial charge in [-0.3, -0.25) is 0 Å². The van der Waals surface area contributed by atoms with Crippen LogP contribution in [-0.4, -0.2) is 39.6 Å². The highest BCUT2D eigenvalue weighted by Gasteiger charge is 2.43. The highest BCUT2D eigenvalue weighted by molar-refractivity contribution is 6.30. The Bertz CT molecular complexity index is 1020. The van der Waals surface area contributed by atoms with Crippen molar-refractivity contribution in [2.45, 2.75) is 63.6 Å². The summed E-state index contributed by atoms with van der Waals surface area (Å²) < 4.78 is 18.2. The molecule has 0 aromatic heterocycles. The lowest BCUT2D eigenvalue weighted by molar-refractivity contribution is 0.0111. The van der Waals surface area contributed by atoms with Crippen LogP contribution in [0.4, 0.5) is 5.69 Å². The number of hydrogen-bond acceptors (Lipinski definition) is 4. The van der Waals surface area contributed by atoms with Gasteiger partial charge in [-0.15, -0.1) is 6.58 Å². The van der Waals surface area contributed by atoms with Crippen molar-refractivity contribution in [2.24, 2.45) is 11.8 Å². The Balaban J connectivity index is 1.53. The van der Waals surface area contributed by atoms with Crippen molar-refractivity contribution in [3.05, 3.63) is 70.8 Å². The molecule has 2 aliphatic rings. The minimum absolute atomic E-state index is 0.0187. The molecule has 1 saturated carbocycles. The predicted molar refractivity (Wildman–Crippen MR) is 145 cm³/mol. The van der Waals surface area contributed by atoms with Crippen molar-refractivity contribution in [3.63, 3.8) is 0 Å². The number of nitrogens with one attached hydrogen (secondary N) is 1. The van der Waals surface area contributed by atoms with Gasteiger partial charge in [0, 0.05) is 25.8 Å². The highest BCUT2D eigenvalue weighted by atomic mass is 35.5. The Morgan fingerprint density at radius 1 is 1.17 bits per heavy atom. The lowest BCUT2D eigenvalue weighted by atomic mass is 9.67. The summed E-state index contributed by atoms with van der Waals surface area (Å²) in [6.45, 7) is 9.68. The monoisotopic (exact) mass is 497 g/mol. The normalized spacial score (nSPS) is 25.2. The first-order valence-electron chi connectivity index (χ1n) is 12.9. The molecule has 4 rings (SSSR count). The maximum absolute atomic E-state index is 6.63. The van der Waals surface area contributed by atoms with Crippen LogP contribution in [0.2, 0.25) is 5.02 Å². The number of aryl methyl sites for hydroxylation is 2. The number of benzene rings is 2. The molecule has 0 saturated heterocycles. The largest absolute Gasteiger partial charge is 0.490 e. The van der Waals surface area contributed by atoms with E-state index in [1.807, 2.05) is 12.1 Å².